The average Bonchev–Trinajstić information content (AvgIpc) is 2.92. The predicted molar refractivity (Wildman–Crippen MR) is 80.7 cm³/mol. The first kappa shape index (κ1) is 14.6. The number of benzene rings is 1. The number of rotatable bonds is 3. The summed E-state index contributed by atoms with van der Waals surface area (Å²) < 4.78 is 5.14. The highest BCUT2D eigenvalue weighted by atomic mass is 16.5. The third-order valence-corrected chi connectivity index (χ3v) is 4.03. The van der Waals surface area contributed by atoms with E-state index < -0.39 is 12.1 Å². The smallest absolute Gasteiger partial charge is 0.334 e. The molecule has 116 valence electrons. The minimum atomic E-state index is -1.03. The van der Waals surface area contributed by atoms with Gasteiger partial charge < -0.3 is 19.7 Å². The molecule has 1 atom stereocenters. The molecule has 3 rings (SSSR count). The molecule has 0 aliphatic carbocycles. The Hall–Kier alpha value is -2.34. The average molecular weight is 302 g/mol. The number of morpholine rings is 1. The molecule has 1 fully saturated rings. The van der Waals surface area contributed by atoms with Crippen LogP contribution in [0.15, 0.2) is 24.4 Å². The zero-order valence-electron chi connectivity index (χ0n) is 12.3. The maximum Gasteiger partial charge on any atom is 0.334 e. The molecule has 0 saturated carbocycles. The van der Waals surface area contributed by atoms with E-state index in [0.717, 1.165) is 22.0 Å². The van der Waals surface area contributed by atoms with E-state index in [4.69, 9.17) is 9.84 Å². The van der Waals surface area contributed by atoms with Gasteiger partial charge >= 0.3 is 5.97 Å². The molecule has 1 amide bonds. The molecule has 0 spiro atoms. The number of fused-ring (bicyclic) bond motifs is 1. The van der Waals surface area contributed by atoms with Crippen LogP contribution in [0.3, 0.4) is 0 Å². The standard InChI is InChI=1S/C16H18N2O4/c1-10-3-2-4-12-15(10)11(8-17-12)7-14(19)18-5-6-22-13(9-18)16(20)21/h2-4,8,13,17H,5-7,9H2,1H3,(H,20,21)/t13-/m0/s1. The fraction of sp³-hybridized carbons (Fsp3) is 0.375. The predicted octanol–water partition coefficient (Wildman–Crippen LogP) is 1.33. The van der Waals surface area contributed by atoms with Crippen LogP contribution in [0.4, 0.5) is 0 Å². The van der Waals surface area contributed by atoms with Gasteiger partial charge in [0, 0.05) is 23.6 Å². The van der Waals surface area contributed by atoms with Crippen molar-refractivity contribution < 1.29 is 19.4 Å². The van der Waals surface area contributed by atoms with Crippen LogP contribution in [0.2, 0.25) is 0 Å². The number of ether oxygens (including phenoxy) is 1. The molecular weight excluding hydrogens is 284 g/mol. The van der Waals surface area contributed by atoms with Crippen molar-refractivity contribution in [3.8, 4) is 0 Å². The van der Waals surface area contributed by atoms with Crippen molar-refractivity contribution in [1.82, 2.24) is 9.88 Å². The van der Waals surface area contributed by atoms with Gasteiger partial charge in [-0.15, -0.1) is 0 Å². The number of aromatic amines is 1. The first-order chi connectivity index (χ1) is 10.6. The monoisotopic (exact) mass is 302 g/mol. The van der Waals surface area contributed by atoms with Crippen LogP contribution >= 0.6 is 0 Å². The van der Waals surface area contributed by atoms with Crippen molar-refractivity contribution in [3.05, 3.63) is 35.5 Å². The molecule has 1 aliphatic rings. The van der Waals surface area contributed by atoms with E-state index in [9.17, 15) is 9.59 Å². The van der Waals surface area contributed by atoms with Crippen LogP contribution < -0.4 is 0 Å². The number of hydrogen-bond donors (Lipinski definition) is 2. The molecular formula is C16H18N2O4. The largest absolute Gasteiger partial charge is 0.479 e. The number of nitrogens with zero attached hydrogens (tertiary/aromatic N) is 1. The molecule has 6 nitrogen and oxygen atoms in total. The van der Waals surface area contributed by atoms with Gasteiger partial charge in [0.1, 0.15) is 0 Å². The first-order valence-electron chi connectivity index (χ1n) is 7.24. The van der Waals surface area contributed by atoms with Crippen LogP contribution in [0, 0.1) is 6.92 Å². The number of nitrogens with one attached hydrogen (secondary N) is 1. The Morgan fingerprint density at radius 3 is 3.05 bits per heavy atom. The fourth-order valence-electron chi connectivity index (χ4n) is 2.89. The Morgan fingerprint density at radius 1 is 1.45 bits per heavy atom. The number of carboxylic acids is 1. The van der Waals surface area contributed by atoms with Crippen LogP contribution in [0.5, 0.6) is 0 Å². The number of carbonyl (C=O) groups excluding carboxylic acids is 1. The Kier molecular flexibility index (Phi) is 3.85. The summed E-state index contributed by atoms with van der Waals surface area (Å²) in [7, 11) is 0. The molecule has 1 aliphatic heterocycles. The number of aliphatic carboxylic acids is 1. The Labute approximate surface area is 127 Å². The number of aryl methyl sites for hydroxylation is 1. The van der Waals surface area contributed by atoms with Crippen LogP contribution in [0.1, 0.15) is 11.1 Å². The summed E-state index contributed by atoms with van der Waals surface area (Å²) in [5, 5.41) is 10.1. The number of hydrogen-bond acceptors (Lipinski definition) is 3. The molecule has 22 heavy (non-hydrogen) atoms. The van der Waals surface area contributed by atoms with Gasteiger partial charge in [0.05, 0.1) is 19.6 Å². The molecule has 0 unspecified atom stereocenters. The Balaban J connectivity index is 1.77. The molecule has 1 saturated heterocycles. The first-order valence-corrected chi connectivity index (χ1v) is 7.24. The lowest BCUT2D eigenvalue weighted by Gasteiger charge is -2.30. The summed E-state index contributed by atoms with van der Waals surface area (Å²) >= 11 is 0. The van der Waals surface area contributed by atoms with Gasteiger partial charge in [-0.2, -0.15) is 0 Å². The van der Waals surface area contributed by atoms with Gasteiger partial charge in [-0.3, -0.25) is 4.79 Å². The minimum Gasteiger partial charge on any atom is -0.479 e. The lowest BCUT2D eigenvalue weighted by molar-refractivity contribution is -0.159. The summed E-state index contributed by atoms with van der Waals surface area (Å²) in [5.41, 5.74) is 3.07. The molecule has 2 N–H and O–H groups in total. The van der Waals surface area contributed by atoms with Crippen molar-refractivity contribution >= 4 is 22.8 Å². The van der Waals surface area contributed by atoms with E-state index in [1.807, 2.05) is 31.3 Å². The van der Waals surface area contributed by atoms with Crippen molar-refractivity contribution in [2.75, 3.05) is 19.7 Å². The summed E-state index contributed by atoms with van der Waals surface area (Å²) in [6.45, 7) is 2.81. The summed E-state index contributed by atoms with van der Waals surface area (Å²) in [5.74, 6) is -1.10. The molecule has 2 aromatic rings. The molecule has 0 radical (unpaired) electrons. The zero-order chi connectivity index (χ0) is 15.7. The van der Waals surface area contributed by atoms with Crippen LogP contribution in [0.25, 0.3) is 10.9 Å². The number of H-pyrrole nitrogens is 1. The third-order valence-electron chi connectivity index (χ3n) is 4.03. The highest BCUT2D eigenvalue weighted by molar-refractivity contribution is 5.91. The minimum absolute atomic E-state index is 0.0706. The second-order valence-electron chi connectivity index (χ2n) is 5.53. The van der Waals surface area contributed by atoms with Crippen molar-refractivity contribution in [1.29, 1.82) is 0 Å². The summed E-state index contributed by atoms with van der Waals surface area (Å²) in [6.07, 6.45) is 1.18. The van der Waals surface area contributed by atoms with Crippen molar-refractivity contribution in [3.63, 3.8) is 0 Å². The number of carboxylic acid groups (broad SMARTS) is 1. The van der Waals surface area contributed by atoms with E-state index >= 15 is 0 Å². The van der Waals surface area contributed by atoms with E-state index in [1.54, 1.807) is 4.90 Å². The summed E-state index contributed by atoms with van der Waals surface area (Å²) in [6, 6.07) is 5.96. The lowest BCUT2D eigenvalue weighted by Crippen LogP contribution is -2.49. The van der Waals surface area contributed by atoms with E-state index in [1.165, 1.54) is 0 Å². The normalized spacial score (nSPS) is 18.6. The quantitative estimate of drug-likeness (QED) is 0.896. The third kappa shape index (κ3) is 2.69. The zero-order valence-corrected chi connectivity index (χ0v) is 12.3. The van der Waals surface area contributed by atoms with Crippen LogP contribution in [-0.4, -0.2) is 52.7 Å². The molecule has 1 aromatic heterocycles. The number of carbonyl (C=O) groups is 2. The molecule has 0 bridgehead atoms. The van der Waals surface area contributed by atoms with Gasteiger partial charge in [-0.05, 0) is 24.1 Å². The molecule has 2 heterocycles. The maximum atomic E-state index is 12.5. The van der Waals surface area contributed by atoms with Gasteiger partial charge in [-0.1, -0.05) is 12.1 Å². The SMILES string of the molecule is Cc1cccc2[nH]cc(CC(=O)N3CCO[C@H](C(=O)O)C3)c12. The van der Waals surface area contributed by atoms with Gasteiger partial charge in [0.25, 0.3) is 0 Å². The topological polar surface area (TPSA) is 82.6 Å². The Bertz CT molecular complexity index is 722. The fourth-order valence-corrected chi connectivity index (χ4v) is 2.89. The second kappa shape index (κ2) is 5.81. The van der Waals surface area contributed by atoms with Crippen molar-refractivity contribution in [2.24, 2.45) is 0 Å². The summed E-state index contributed by atoms with van der Waals surface area (Å²) in [4.78, 5) is 28.2. The van der Waals surface area contributed by atoms with Crippen molar-refractivity contribution in [2.45, 2.75) is 19.4 Å². The van der Waals surface area contributed by atoms with Crippen LogP contribution in [-0.2, 0) is 20.7 Å². The molecule has 6 heteroatoms. The Morgan fingerprint density at radius 2 is 2.27 bits per heavy atom. The second-order valence-corrected chi connectivity index (χ2v) is 5.53. The number of aromatic nitrogens is 1. The maximum absolute atomic E-state index is 12.5. The van der Waals surface area contributed by atoms with Gasteiger partial charge in [0.15, 0.2) is 6.10 Å². The van der Waals surface area contributed by atoms with Gasteiger partial charge in [0.2, 0.25) is 5.91 Å². The highest BCUT2D eigenvalue weighted by Crippen LogP contribution is 2.23. The molecule has 1 aromatic carbocycles. The van der Waals surface area contributed by atoms with E-state index in [2.05, 4.69) is 4.98 Å². The lowest BCUT2D eigenvalue weighted by atomic mass is 10.0. The number of amides is 1. The van der Waals surface area contributed by atoms with E-state index in [0.29, 0.717) is 6.54 Å². The van der Waals surface area contributed by atoms with Gasteiger partial charge in [-0.25, -0.2) is 4.79 Å². The highest BCUT2D eigenvalue weighted by Gasteiger charge is 2.29. The van der Waals surface area contributed by atoms with E-state index in [-0.39, 0.29) is 25.5 Å².